The molecule has 1 aliphatic heterocycles. The van der Waals surface area contributed by atoms with Gasteiger partial charge in [0.15, 0.2) is 0 Å². The smallest absolute Gasteiger partial charge is 0.272 e. The summed E-state index contributed by atoms with van der Waals surface area (Å²) in [5, 5.41) is 5.71. The summed E-state index contributed by atoms with van der Waals surface area (Å²) in [5.41, 5.74) is 5.86. The number of amides is 2. The van der Waals surface area contributed by atoms with Gasteiger partial charge < -0.3 is 20.8 Å². The number of hydrogen-bond acceptors (Lipinski definition) is 6. The number of anilines is 1. The summed E-state index contributed by atoms with van der Waals surface area (Å²) in [4.78, 5) is 37.4. The van der Waals surface area contributed by atoms with Crippen LogP contribution in [0.1, 0.15) is 12.7 Å². The second-order valence-corrected chi connectivity index (χ2v) is 6.44. The lowest BCUT2D eigenvalue weighted by atomic mass is 9.91. The van der Waals surface area contributed by atoms with Crippen LogP contribution >= 0.6 is 0 Å². The van der Waals surface area contributed by atoms with Gasteiger partial charge in [-0.15, -0.1) is 0 Å². The minimum atomic E-state index is -1.66. The van der Waals surface area contributed by atoms with Crippen LogP contribution in [0.3, 0.4) is 0 Å². The standard InChI is InChI=1S/C20H20N6O3/c1-2-29-15-10-6-5-9-14(15)24-17(27)16-20(18(21)28,23-11-22-16)19-25-12-7-3-4-8-13(12)26-19/h3-10,23H,2,11H2,1H3,(H2,21,28)(H,24,27)(H,25,26). The molecule has 1 aromatic heterocycles. The molecule has 0 radical (unpaired) electrons. The predicted molar refractivity (Wildman–Crippen MR) is 109 cm³/mol. The molecule has 4 rings (SSSR count). The van der Waals surface area contributed by atoms with Crippen LogP contribution in [0.15, 0.2) is 53.5 Å². The molecule has 9 nitrogen and oxygen atoms in total. The van der Waals surface area contributed by atoms with Gasteiger partial charge in [-0.2, -0.15) is 0 Å². The molecule has 9 heteroatoms. The molecule has 1 aliphatic rings. The predicted octanol–water partition coefficient (Wildman–Crippen LogP) is 1.28. The first-order valence-corrected chi connectivity index (χ1v) is 9.14. The fourth-order valence-corrected chi connectivity index (χ4v) is 3.36. The first kappa shape index (κ1) is 18.6. The number of para-hydroxylation sites is 4. The number of aromatic nitrogens is 2. The van der Waals surface area contributed by atoms with Gasteiger partial charge in [0, 0.05) is 0 Å². The van der Waals surface area contributed by atoms with Crippen molar-refractivity contribution in [2.45, 2.75) is 12.5 Å². The van der Waals surface area contributed by atoms with E-state index in [-0.39, 0.29) is 18.2 Å². The molecular formula is C20H20N6O3. The maximum absolute atomic E-state index is 13.1. The number of nitrogens with zero attached hydrogens (tertiary/aromatic N) is 2. The SMILES string of the molecule is CCOc1ccccc1NC(=O)C1=NCNC1(C(N)=O)c1nc2ccccc2[nH]1. The number of rotatable bonds is 6. The van der Waals surface area contributed by atoms with Crippen molar-refractivity contribution in [1.82, 2.24) is 15.3 Å². The third-order valence-electron chi connectivity index (χ3n) is 4.70. The first-order valence-electron chi connectivity index (χ1n) is 9.14. The summed E-state index contributed by atoms with van der Waals surface area (Å²) in [6, 6.07) is 14.3. The Morgan fingerprint density at radius 3 is 2.72 bits per heavy atom. The van der Waals surface area contributed by atoms with Gasteiger partial charge in [0.2, 0.25) is 5.54 Å². The van der Waals surface area contributed by atoms with Crippen molar-refractivity contribution in [1.29, 1.82) is 0 Å². The molecule has 1 unspecified atom stereocenters. The topological polar surface area (TPSA) is 134 Å². The molecule has 0 aliphatic carbocycles. The second-order valence-electron chi connectivity index (χ2n) is 6.44. The van der Waals surface area contributed by atoms with Crippen LogP contribution in [0.4, 0.5) is 5.69 Å². The third kappa shape index (κ3) is 3.11. The largest absolute Gasteiger partial charge is 0.492 e. The van der Waals surface area contributed by atoms with Gasteiger partial charge in [0.1, 0.15) is 17.3 Å². The van der Waals surface area contributed by atoms with Gasteiger partial charge in [0.05, 0.1) is 30.0 Å². The summed E-state index contributed by atoms with van der Waals surface area (Å²) in [5.74, 6) is -0.610. The Balaban J connectivity index is 1.72. The number of primary amides is 1. The second kappa shape index (κ2) is 7.36. The zero-order chi connectivity index (χ0) is 20.4. The van der Waals surface area contributed by atoms with Gasteiger partial charge in [-0.3, -0.25) is 19.9 Å². The van der Waals surface area contributed by atoms with Crippen LogP contribution in [0.5, 0.6) is 5.75 Å². The molecule has 0 spiro atoms. The monoisotopic (exact) mass is 392 g/mol. The Kier molecular flexibility index (Phi) is 4.73. The van der Waals surface area contributed by atoms with Crippen LogP contribution < -0.4 is 21.1 Å². The summed E-state index contributed by atoms with van der Waals surface area (Å²) in [6.07, 6.45) is 0. The molecular weight excluding hydrogens is 372 g/mol. The number of carbonyl (C=O) groups excluding carboxylic acids is 2. The number of H-pyrrole nitrogens is 1. The number of carbonyl (C=O) groups is 2. The van der Waals surface area contributed by atoms with Crippen LogP contribution in [0.2, 0.25) is 0 Å². The van der Waals surface area contributed by atoms with E-state index in [9.17, 15) is 9.59 Å². The fraction of sp³-hybridized carbons (Fsp3) is 0.200. The Hall–Kier alpha value is -3.72. The molecule has 3 aromatic rings. The zero-order valence-corrected chi connectivity index (χ0v) is 15.7. The molecule has 0 bridgehead atoms. The van der Waals surface area contributed by atoms with Crippen molar-refractivity contribution in [3.63, 3.8) is 0 Å². The summed E-state index contributed by atoms with van der Waals surface area (Å²) < 4.78 is 5.54. The Labute approximate surface area is 166 Å². The van der Waals surface area contributed by atoms with Crippen molar-refractivity contribution in [2.75, 3.05) is 18.6 Å². The molecule has 29 heavy (non-hydrogen) atoms. The Bertz CT molecular complexity index is 1090. The number of nitrogens with two attached hydrogens (primary N) is 1. The van der Waals surface area contributed by atoms with Crippen molar-refractivity contribution in [3.8, 4) is 5.75 Å². The van der Waals surface area contributed by atoms with Gasteiger partial charge >= 0.3 is 0 Å². The zero-order valence-electron chi connectivity index (χ0n) is 15.7. The minimum Gasteiger partial charge on any atom is -0.492 e. The van der Waals surface area contributed by atoms with Gasteiger partial charge in [0.25, 0.3) is 11.8 Å². The lowest BCUT2D eigenvalue weighted by Crippen LogP contribution is -2.58. The molecule has 1 atom stereocenters. The summed E-state index contributed by atoms with van der Waals surface area (Å²) >= 11 is 0. The average Bonchev–Trinajstić information content (AvgIpc) is 3.34. The molecule has 0 saturated heterocycles. The quantitative estimate of drug-likeness (QED) is 0.501. The van der Waals surface area contributed by atoms with E-state index < -0.39 is 17.4 Å². The van der Waals surface area contributed by atoms with Gasteiger partial charge in [-0.05, 0) is 31.2 Å². The highest BCUT2D eigenvalue weighted by atomic mass is 16.5. The third-order valence-corrected chi connectivity index (χ3v) is 4.70. The van der Waals surface area contributed by atoms with Crippen molar-refractivity contribution < 1.29 is 14.3 Å². The van der Waals surface area contributed by atoms with E-state index in [2.05, 4.69) is 25.6 Å². The molecule has 148 valence electrons. The molecule has 2 heterocycles. The fourth-order valence-electron chi connectivity index (χ4n) is 3.36. The van der Waals surface area contributed by atoms with E-state index in [4.69, 9.17) is 10.5 Å². The molecule has 2 aromatic carbocycles. The Morgan fingerprint density at radius 1 is 1.21 bits per heavy atom. The first-order chi connectivity index (χ1) is 14.1. The van der Waals surface area contributed by atoms with E-state index in [1.165, 1.54) is 0 Å². The molecule has 2 amide bonds. The van der Waals surface area contributed by atoms with Crippen molar-refractivity contribution in [2.24, 2.45) is 10.7 Å². The maximum Gasteiger partial charge on any atom is 0.272 e. The number of fused-ring (bicyclic) bond motifs is 1. The van der Waals surface area contributed by atoms with E-state index in [1.807, 2.05) is 25.1 Å². The molecule has 5 N–H and O–H groups in total. The number of imidazole rings is 1. The number of aliphatic imine (C=N–C) groups is 1. The highest BCUT2D eigenvalue weighted by Crippen LogP contribution is 2.29. The molecule has 0 fully saturated rings. The van der Waals surface area contributed by atoms with Crippen molar-refractivity contribution >= 4 is 34.2 Å². The van der Waals surface area contributed by atoms with Crippen LogP contribution in [0, 0.1) is 0 Å². The number of ether oxygens (including phenoxy) is 1. The average molecular weight is 392 g/mol. The van der Waals surface area contributed by atoms with Crippen LogP contribution in [-0.2, 0) is 15.1 Å². The highest BCUT2D eigenvalue weighted by Gasteiger charge is 2.52. The summed E-state index contributed by atoms with van der Waals surface area (Å²) in [6.45, 7) is 2.35. The Morgan fingerprint density at radius 2 is 1.97 bits per heavy atom. The number of nitrogens with one attached hydrogen (secondary N) is 3. The van der Waals surface area contributed by atoms with Crippen LogP contribution in [0.25, 0.3) is 11.0 Å². The normalized spacial score (nSPS) is 18.4. The van der Waals surface area contributed by atoms with E-state index >= 15 is 0 Å². The minimum absolute atomic E-state index is 0.0514. The number of benzene rings is 2. The lowest BCUT2D eigenvalue weighted by molar-refractivity contribution is -0.123. The van der Waals surface area contributed by atoms with E-state index in [1.54, 1.807) is 30.3 Å². The highest BCUT2D eigenvalue weighted by molar-refractivity contribution is 6.50. The van der Waals surface area contributed by atoms with Gasteiger partial charge in [-0.1, -0.05) is 24.3 Å². The molecule has 0 saturated carbocycles. The maximum atomic E-state index is 13.1. The van der Waals surface area contributed by atoms with Gasteiger partial charge in [-0.25, -0.2) is 4.98 Å². The van der Waals surface area contributed by atoms with Crippen LogP contribution in [-0.4, -0.2) is 40.8 Å². The summed E-state index contributed by atoms with van der Waals surface area (Å²) in [7, 11) is 0. The number of aromatic amines is 1. The number of hydrogen-bond donors (Lipinski definition) is 4. The van der Waals surface area contributed by atoms with Crippen molar-refractivity contribution in [3.05, 3.63) is 54.4 Å². The lowest BCUT2D eigenvalue weighted by Gasteiger charge is -2.25. The van der Waals surface area contributed by atoms with E-state index in [0.717, 1.165) is 5.52 Å². The van der Waals surface area contributed by atoms with E-state index in [0.29, 0.717) is 23.6 Å².